The Kier molecular flexibility index (Phi) is 6.71. The molecular weight excluding hydrogens is 344 g/mol. The number of aryl methyl sites for hydroxylation is 1. The van der Waals surface area contributed by atoms with Crippen LogP contribution in [0.1, 0.15) is 34.8 Å². The van der Waals surface area contributed by atoms with E-state index in [1.807, 2.05) is 25.1 Å². The van der Waals surface area contributed by atoms with E-state index in [4.69, 9.17) is 16.2 Å². The molecule has 27 heavy (non-hydrogen) atoms. The number of hydrogen-bond donors (Lipinski definition) is 2. The largest absolute Gasteiger partial charge is 0.454 e. The monoisotopic (exact) mass is 368 g/mol. The van der Waals surface area contributed by atoms with E-state index in [0.717, 1.165) is 11.1 Å². The molecule has 1 unspecified atom stereocenters. The standard InChI is InChI=1S/C21H24N2O4/c1-13-3-4-15(10-20(13)23)9-17(14(2)24)11-19(25)12-27-21(26)16-5-7-18(22)8-6-16/h3-8,10,17H,9,11-12,22-23H2,1-2H3. The summed E-state index contributed by atoms with van der Waals surface area (Å²) in [6, 6.07) is 11.8. The van der Waals surface area contributed by atoms with E-state index in [1.54, 1.807) is 12.1 Å². The van der Waals surface area contributed by atoms with Crippen molar-refractivity contribution in [3.05, 3.63) is 59.2 Å². The normalized spacial score (nSPS) is 11.6. The van der Waals surface area contributed by atoms with Crippen molar-refractivity contribution in [2.75, 3.05) is 18.1 Å². The topological polar surface area (TPSA) is 112 Å². The number of rotatable bonds is 8. The highest BCUT2D eigenvalue weighted by molar-refractivity contribution is 5.93. The number of carbonyl (C=O) groups excluding carboxylic acids is 3. The van der Waals surface area contributed by atoms with Crippen molar-refractivity contribution in [1.29, 1.82) is 0 Å². The van der Waals surface area contributed by atoms with Gasteiger partial charge in [-0.1, -0.05) is 12.1 Å². The molecule has 0 heterocycles. The van der Waals surface area contributed by atoms with Crippen molar-refractivity contribution in [3.8, 4) is 0 Å². The summed E-state index contributed by atoms with van der Waals surface area (Å²) in [6.07, 6.45) is 0.426. The van der Waals surface area contributed by atoms with Crippen LogP contribution in [-0.2, 0) is 20.7 Å². The molecule has 0 saturated heterocycles. The van der Waals surface area contributed by atoms with Crippen LogP contribution in [0.15, 0.2) is 42.5 Å². The number of ketones is 2. The minimum atomic E-state index is -0.603. The number of carbonyl (C=O) groups is 3. The summed E-state index contributed by atoms with van der Waals surface area (Å²) in [5.74, 6) is -1.48. The van der Waals surface area contributed by atoms with Crippen molar-refractivity contribution >= 4 is 28.9 Å². The van der Waals surface area contributed by atoms with Gasteiger partial charge in [-0.3, -0.25) is 9.59 Å². The third kappa shape index (κ3) is 5.95. The maximum absolute atomic E-state index is 12.2. The van der Waals surface area contributed by atoms with Crippen LogP contribution in [0.5, 0.6) is 0 Å². The molecular formula is C21H24N2O4. The van der Waals surface area contributed by atoms with Gasteiger partial charge in [-0.05, 0) is 61.7 Å². The van der Waals surface area contributed by atoms with E-state index < -0.39 is 11.9 Å². The van der Waals surface area contributed by atoms with Crippen molar-refractivity contribution < 1.29 is 19.1 Å². The average molecular weight is 368 g/mol. The van der Waals surface area contributed by atoms with Gasteiger partial charge in [0.1, 0.15) is 12.4 Å². The zero-order valence-corrected chi connectivity index (χ0v) is 15.5. The fourth-order valence-electron chi connectivity index (χ4n) is 2.64. The lowest BCUT2D eigenvalue weighted by atomic mass is 9.90. The van der Waals surface area contributed by atoms with Crippen molar-refractivity contribution in [1.82, 2.24) is 0 Å². The van der Waals surface area contributed by atoms with Gasteiger partial charge in [0.25, 0.3) is 0 Å². The first-order valence-corrected chi connectivity index (χ1v) is 8.66. The summed E-state index contributed by atoms with van der Waals surface area (Å²) < 4.78 is 5.03. The van der Waals surface area contributed by atoms with Gasteiger partial charge >= 0.3 is 5.97 Å². The van der Waals surface area contributed by atoms with E-state index in [-0.39, 0.29) is 24.6 Å². The van der Waals surface area contributed by atoms with Gasteiger partial charge in [-0.25, -0.2) is 4.79 Å². The van der Waals surface area contributed by atoms with Crippen LogP contribution in [-0.4, -0.2) is 24.1 Å². The van der Waals surface area contributed by atoms with Gasteiger partial charge in [0.2, 0.25) is 0 Å². The Balaban J connectivity index is 1.92. The van der Waals surface area contributed by atoms with E-state index >= 15 is 0 Å². The predicted molar refractivity (Wildman–Crippen MR) is 104 cm³/mol. The fraction of sp³-hybridized carbons (Fsp3) is 0.286. The van der Waals surface area contributed by atoms with E-state index in [1.165, 1.54) is 19.1 Å². The molecule has 4 N–H and O–H groups in total. The minimum Gasteiger partial charge on any atom is -0.454 e. The second kappa shape index (κ2) is 8.98. The number of esters is 1. The van der Waals surface area contributed by atoms with Crippen LogP contribution in [0.2, 0.25) is 0 Å². The molecule has 0 bridgehead atoms. The van der Waals surface area contributed by atoms with Crippen LogP contribution in [0.3, 0.4) is 0 Å². The van der Waals surface area contributed by atoms with Gasteiger partial charge in [-0.2, -0.15) is 0 Å². The summed E-state index contributed by atoms with van der Waals surface area (Å²) in [4.78, 5) is 36.1. The Morgan fingerprint density at radius 2 is 1.70 bits per heavy atom. The van der Waals surface area contributed by atoms with Crippen molar-refractivity contribution in [2.24, 2.45) is 5.92 Å². The fourth-order valence-corrected chi connectivity index (χ4v) is 2.64. The molecule has 1 atom stereocenters. The lowest BCUT2D eigenvalue weighted by Crippen LogP contribution is -2.22. The zero-order valence-electron chi connectivity index (χ0n) is 15.5. The number of benzene rings is 2. The summed E-state index contributed by atoms with van der Waals surface area (Å²) >= 11 is 0. The smallest absolute Gasteiger partial charge is 0.338 e. The van der Waals surface area contributed by atoms with Crippen LogP contribution >= 0.6 is 0 Å². The van der Waals surface area contributed by atoms with Gasteiger partial charge in [0, 0.05) is 23.7 Å². The molecule has 0 spiro atoms. The highest BCUT2D eigenvalue weighted by atomic mass is 16.5. The van der Waals surface area contributed by atoms with Crippen LogP contribution < -0.4 is 11.5 Å². The molecule has 0 aliphatic heterocycles. The molecule has 0 radical (unpaired) electrons. The number of hydrogen-bond acceptors (Lipinski definition) is 6. The maximum Gasteiger partial charge on any atom is 0.338 e. The molecule has 0 saturated carbocycles. The van der Waals surface area contributed by atoms with Gasteiger partial charge in [0.05, 0.1) is 5.56 Å². The molecule has 0 aliphatic carbocycles. The second-order valence-electron chi connectivity index (χ2n) is 6.64. The molecule has 0 aromatic heterocycles. The molecule has 0 fully saturated rings. The summed E-state index contributed by atoms with van der Waals surface area (Å²) in [6.45, 7) is 2.99. The Labute approximate surface area is 158 Å². The molecule has 2 rings (SSSR count). The quantitative estimate of drug-likeness (QED) is 0.547. The van der Waals surface area contributed by atoms with E-state index in [2.05, 4.69) is 0 Å². The minimum absolute atomic E-state index is 0.0120. The third-order valence-electron chi connectivity index (χ3n) is 4.39. The van der Waals surface area contributed by atoms with Crippen molar-refractivity contribution in [2.45, 2.75) is 26.7 Å². The molecule has 2 aromatic carbocycles. The third-order valence-corrected chi connectivity index (χ3v) is 4.39. The Morgan fingerprint density at radius 3 is 2.30 bits per heavy atom. The SMILES string of the molecule is CC(=O)C(CC(=O)COC(=O)c1ccc(N)cc1)Cc1ccc(C)c(N)c1. The van der Waals surface area contributed by atoms with Crippen LogP contribution in [0.4, 0.5) is 11.4 Å². The maximum atomic E-state index is 12.2. The van der Waals surface area contributed by atoms with E-state index in [0.29, 0.717) is 23.4 Å². The molecule has 2 aromatic rings. The number of ether oxygens (including phenoxy) is 1. The van der Waals surface area contributed by atoms with Crippen molar-refractivity contribution in [3.63, 3.8) is 0 Å². The Bertz CT molecular complexity index is 844. The first-order valence-electron chi connectivity index (χ1n) is 8.66. The van der Waals surface area contributed by atoms with Gasteiger partial charge < -0.3 is 16.2 Å². The number of anilines is 2. The molecule has 0 aliphatic rings. The summed E-state index contributed by atoms with van der Waals surface area (Å²) in [5.41, 5.74) is 14.8. The molecule has 6 heteroatoms. The second-order valence-corrected chi connectivity index (χ2v) is 6.64. The summed E-state index contributed by atoms with van der Waals surface area (Å²) in [5, 5.41) is 0. The van der Waals surface area contributed by atoms with Gasteiger partial charge in [-0.15, -0.1) is 0 Å². The van der Waals surface area contributed by atoms with Gasteiger partial charge in [0.15, 0.2) is 5.78 Å². The van der Waals surface area contributed by atoms with Crippen LogP contribution in [0.25, 0.3) is 0 Å². The lowest BCUT2D eigenvalue weighted by Gasteiger charge is -2.14. The number of nitrogens with two attached hydrogens (primary N) is 2. The summed E-state index contributed by atoms with van der Waals surface area (Å²) in [7, 11) is 0. The zero-order chi connectivity index (χ0) is 20.0. The lowest BCUT2D eigenvalue weighted by molar-refractivity contribution is -0.128. The highest BCUT2D eigenvalue weighted by Crippen LogP contribution is 2.19. The molecule has 142 valence electrons. The number of Topliss-reactive ketones (excluding diaryl/α,β-unsaturated/α-hetero) is 2. The molecule has 6 nitrogen and oxygen atoms in total. The predicted octanol–water partition coefficient (Wildman–Crippen LogP) is 2.72. The molecule has 0 amide bonds. The highest BCUT2D eigenvalue weighted by Gasteiger charge is 2.20. The Morgan fingerprint density at radius 1 is 1.04 bits per heavy atom. The van der Waals surface area contributed by atoms with E-state index in [9.17, 15) is 14.4 Å². The Hall–Kier alpha value is -3.15. The first kappa shape index (κ1) is 20.2. The average Bonchev–Trinajstić information content (AvgIpc) is 2.62. The number of nitrogen functional groups attached to an aromatic ring is 2. The van der Waals surface area contributed by atoms with Crippen LogP contribution in [0, 0.1) is 12.8 Å². The first-order chi connectivity index (χ1) is 12.8.